The Kier molecular flexibility index (Phi) is 4.76. The molecule has 2 aromatic rings. The van der Waals surface area contributed by atoms with Crippen LogP contribution in [0, 0.1) is 13.8 Å². The fourth-order valence-corrected chi connectivity index (χ4v) is 2.82. The van der Waals surface area contributed by atoms with Crippen LogP contribution in [0.1, 0.15) is 46.1 Å². The number of carbonyl (C=O) groups excluding carboxylic acids is 1. The van der Waals surface area contributed by atoms with Gasteiger partial charge in [0.25, 0.3) is 5.91 Å². The number of hydrogen-bond donors (Lipinski definition) is 1. The van der Waals surface area contributed by atoms with Crippen molar-refractivity contribution in [3.05, 3.63) is 57.4 Å². The van der Waals surface area contributed by atoms with E-state index in [4.69, 9.17) is 9.15 Å². The molecule has 1 aliphatic heterocycles. The third-order valence-electron chi connectivity index (χ3n) is 4.19. The quantitative estimate of drug-likeness (QED) is 0.937. The average molecular weight is 328 g/mol. The number of amides is 1. The molecule has 0 saturated carbocycles. The number of hydrogen-bond acceptors (Lipinski definition) is 5. The lowest BCUT2D eigenvalue weighted by atomic mass is 9.95. The van der Waals surface area contributed by atoms with Gasteiger partial charge in [-0.1, -0.05) is 0 Å². The first-order valence-corrected chi connectivity index (χ1v) is 8.01. The van der Waals surface area contributed by atoms with E-state index in [1.165, 1.54) is 0 Å². The summed E-state index contributed by atoms with van der Waals surface area (Å²) < 4.78 is 10.7. The number of rotatable bonds is 3. The van der Waals surface area contributed by atoms with Gasteiger partial charge in [0.05, 0.1) is 11.9 Å². The Morgan fingerprint density at radius 2 is 2.00 bits per heavy atom. The van der Waals surface area contributed by atoms with E-state index in [-0.39, 0.29) is 11.5 Å². The van der Waals surface area contributed by atoms with Gasteiger partial charge in [0.2, 0.25) is 0 Å². The van der Waals surface area contributed by atoms with Crippen molar-refractivity contribution in [1.82, 2.24) is 4.98 Å². The highest BCUT2D eigenvalue weighted by molar-refractivity contribution is 6.04. The topological polar surface area (TPSA) is 81.4 Å². The molecule has 0 unspecified atom stereocenters. The van der Waals surface area contributed by atoms with Gasteiger partial charge in [-0.3, -0.25) is 9.78 Å². The Hall–Kier alpha value is -2.47. The summed E-state index contributed by atoms with van der Waals surface area (Å²) in [4.78, 5) is 28.8. The van der Waals surface area contributed by atoms with Gasteiger partial charge in [-0.05, 0) is 50.5 Å². The number of ether oxygens (including phenoxy) is 1. The molecule has 2 aromatic heterocycles. The highest BCUT2D eigenvalue weighted by Crippen LogP contribution is 2.27. The van der Waals surface area contributed by atoms with Crippen LogP contribution >= 0.6 is 0 Å². The molecule has 1 N–H and O–H groups in total. The van der Waals surface area contributed by atoms with Crippen LogP contribution < -0.4 is 10.9 Å². The standard InChI is InChI=1S/C18H20N2O4/c1-11-9-15(13-5-7-23-8-6-13)24-18(22)16(11)17(21)20-14-4-3-12(2)19-10-14/h3-4,9-10,13H,5-8H2,1-2H3,(H,20,21). The van der Waals surface area contributed by atoms with Crippen LogP contribution in [0.2, 0.25) is 0 Å². The predicted octanol–water partition coefficient (Wildman–Crippen LogP) is 2.80. The van der Waals surface area contributed by atoms with Gasteiger partial charge < -0.3 is 14.5 Å². The third-order valence-corrected chi connectivity index (χ3v) is 4.19. The molecule has 1 aliphatic rings. The van der Waals surface area contributed by atoms with Gasteiger partial charge in [-0.2, -0.15) is 0 Å². The van der Waals surface area contributed by atoms with Gasteiger partial charge >= 0.3 is 5.63 Å². The van der Waals surface area contributed by atoms with Gasteiger partial charge in [-0.15, -0.1) is 0 Å². The second kappa shape index (κ2) is 6.97. The zero-order chi connectivity index (χ0) is 17.1. The van der Waals surface area contributed by atoms with Crippen LogP contribution in [0.5, 0.6) is 0 Å². The molecule has 3 rings (SSSR count). The Morgan fingerprint density at radius 1 is 1.25 bits per heavy atom. The van der Waals surface area contributed by atoms with Gasteiger partial charge in [0.15, 0.2) is 0 Å². The van der Waals surface area contributed by atoms with Crippen LogP contribution in [-0.4, -0.2) is 24.1 Å². The summed E-state index contributed by atoms with van der Waals surface area (Å²) in [6, 6.07) is 5.33. The summed E-state index contributed by atoms with van der Waals surface area (Å²) >= 11 is 0. The second-order valence-corrected chi connectivity index (χ2v) is 6.02. The molecule has 0 spiro atoms. The number of nitrogens with zero attached hydrogens (tertiary/aromatic N) is 1. The molecule has 1 saturated heterocycles. The Balaban J connectivity index is 1.83. The maximum absolute atomic E-state index is 12.4. The smallest absolute Gasteiger partial charge is 0.349 e. The molecule has 0 radical (unpaired) electrons. The number of anilines is 1. The zero-order valence-electron chi connectivity index (χ0n) is 13.8. The predicted molar refractivity (Wildman–Crippen MR) is 89.4 cm³/mol. The third kappa shape index (κ3) is 3.54. The number of nitrogens with one attached hydrogen (secondary N) is 1. The molecule has 3 heterocycles. The summed E-state index contributed by atoms with van der Waals surface area (Å²) in [5.41, 5.74) is 1.44. The monoisotopic (exact) mass is 328 g/mol. The van der Waals surface area contributed by atoms with Crippen molar-refractivity contribution in [2.45, 2.75) is 32.6 Å². The molecule has 126 valence electrons. The zero-order valence-corrected chi connectivity index (χ0v) is 13.8. The fourth-order valence-electron chi connectivity index (χ4n) is 2.82. The number of aromatic nitrogens is 1. The molecule has 0 aliphatic carbocycles. The molecule has 6 nitrogen and oxygen atoms in total. The lowest BCUT2D eigenvalue weighted by Crippen LogP contribution is -2.24. The normalized spacial score (nSPS) is 15.2. The first kappa shape index (κ1) is 16.4. The summed E-state index contributed by atoms with van der Waals surface area (Å²) in [5, 5.41) is 2.68. The molecule has 6 heteroatoms. The number of aryl methyl sites for hydroxylation is 2. The van der Waals surface area contributed by atoms with Crippen molar-refractivity contribution in [2.75, 3.05) is 18.5 Å². The molecular formula is C18H20N2O4. The minimum absolute atomic E-state index is 0.0337. The highest BCUT2D eigenvalue weighted by atomic mass is 16.5. The summed E-state index contributed by atoms with van der Waals surface area (Å²) in [6.07, 6.45) is 3.20. The maximum atomic E-state index is 12.4. The average Bonchev–Trinajstić information content (AvgIpc) is 2.57. The minimum atomic E-state index is -0.603. The lowest BCUT2D eigenvalue weighted by molar-refractivity contribution is 0.0796. The van der Waals surface area contributed by atoms with Crippen LogP contribution in [0.25, 0.3) is 0 Å². The van der Waals surface area contributed by atoms with Gasteiger partial charge in [0.1, 0.15) is 11.3 Å². The Labute approximate surface area is 139 Å². The van der Waals surface area contributed by atoms with Crippen molar-refractivity contribution < 1.29 is 13.9 Å². The van der Waals surface area contributed by atoms with E-state index in [1.807, 2.05) is 6.92 Å². The van der Waals surface area contributed by atoms with Crippen molar-refractivity contribution in [1.29, 1.82) is 0 Å². The molecule has 0 bridgehead atoms. The summed E-state index contributed by atoms with van der Waals surface area (Å²) in [6.45, 7) is 4.94. The van der Waals surface area contributed by atoms with Crippen molar-refractivity contribution in [3.63, 3.8) is 0 Å². The van der Waals surface area contributed by atoms with Crippen molar-refractivity contribution in [3.8, 4) is 0 Å². The van der Waals surface area contributed by atoms with Crippen LogP contribution in [0.4, 0.5) is 5.69 Å². The second-order valence-electron chi connectivity index (χ2n) is 6.02. The van der Waals surface area contributed by atoms with Crippen molar-refractivity contribution in [2.24, 2.45) is 0 Å². The molecule has 1 amide bonds. The fraction of sp³-hybridized carbons (Fsp3) is 0.389. The lowest BCUT2D eigenvalue weighted by Gasteiger charge is -2.21. The SMILES string of the molecule is Cc1ccc(NC(=O)c2c(C)cc(C3CCOCC3)oc2=O)cn1. The number of carbonyl (C=O) groups is 1. The van der Waals surface area contributed by atoms with E-state index in [0.29, 0.717) is 30.2 Å². The van der Waals surface area contributed by atoms with E-state index in [2.05, 4.69) is 10.3 Å². The minimum Gasteiger partial charge on any atom is -0.427 e. The summed E-state index contributed by atoms with van der Waals surface area (Å²) in [5.74, 6) is 0.323. The van der Waals surface area contributed by atoms with Gasteiger partial charge in [0, 0.05) is 24.8 Å². The maximum Gasteiger partial charge on any atom is 0.349 e. The molecule has 0 atom stereocenters. The molecule has 0 aromatic carbocycles. The van der Waals surface area contributed by atoms with Crippen molar-refractivity contribution >= 4 is 11.6 Å². The van der Waals surface area contributed by atoms with E-state index in [9.17, 15) is 9.59 Å². The molecular weight excluding hydrogens is 308 g/mol. The highest BCUT2D eigenvalue weighted by Gasteiger charge is 2.23. The first-order chi connectivity index (χ1) is 11.5. The molecule has 24 heavy (non-hydrogen) atoms. The van der Waals surface area contributed by atoms with E-state index in [1.54, 1.807) is 31.3 Å². The van der Waals surface area contributed by atoms with E-state index in [0.717, 1.165) is 18.5 Å². The van der Waals surface area contributed by atoms with Crippen LogP contribution in [-0.2, 0) is 4.74 Å². The number of pyridine rings is 1. The van der Waals surface area contributed by atoms with E-state index < -0.39 is 11.5 Å². The largest absolute Gasteiger partial charge is 0.427 e. The Bertz CT molecular complexity index is 790. The van der Waals surface area contributed by atoms with Gasteiger partial charge in [-0.25, -0.2) is 4.79 Å². The van der Waals surface area contributed by atoms with E-state index >= 15 is 0 Å². The summed E-state index contributed by atoms with van der Waals surface area (Å²) in [7, 11) is 0. The molecule has 1 fully saturated rings. The Morgan fingerprint density at radius 3 is 2.62 bits per heavy atom. The van der Waals surface area contributed by atoms with Crippen LogP contribution in [0.3, 0.4) is 0 Å². The van der Waals surface area contributed by atoms with Crippen LogP contribution in [0.15, 0.2) is 33.6 Å². The first-order valence-electron chi connectivity index (χ1n) is 8.01.